The van der Waals surface area contributed by atoms with E-state index in [4.69, 9.17) is 13.9 Å². The molecule has 0 aliphatic heterocycles. The first kappa shape index (κ1) is 19.3. The number of amides is 1. The van der Waals surface area contributed by atoms with Gasteiger partial charge in [0.2, 0.25) is 0 Å². The van der Waals surface area contributed by atoms with Crippen molar-refractivity contribution in [1.82, 2.24) is 0 Å². The van der Waals surface area contributed by atoms with Crippen molar-refractivity contribution in [3.8, 4) is 5.75 Å². The Morgan fingerprint density at radius 1 is 0.967 bits per heavy atom. The van der Waals surface area contributed by atoms with E-state index < -0.39 is 18.5 Å². The maximum atomic E-state index is 12.3. The number of anilines is 1. The van der Waals surface area contributed by atoms with Gasteiger partial charge in [0.1, 0.15) is 16.9 Å². The van der Waals surface area contributed by atoms with Crippen LogP contribution in [0.2, 0.25) is 0 Å². The molecular formula is C24H19NO5. The second kappa shape index (κ2) is 8.53. The number of para-hydroxylation sites is 1. The maximum Gasteiger partial charge on any atom is 0.331 e. The number of ether oxygens (including phenoxy) is 2. The molecule has 0 aliphatic rings. The summed E-state index contributed by atoms with van der Waals surface area (Å²) >= 11 is 0. The van der Waals surface area contributed by atoms with Gasteiger partial charge in [-0.2, -0.15) is 0 Å². The Kier molecular flexibility index (Phi) is 5.48. The van der Waals surface area contributed by atoms with Gasteiger partial charge >= 0.3 is 5.97 Å². The molecule has 1 amide bonds. The molecule has 0 bridgehead atoms. The third-order valence-electron chi connectivity index (χ3n) is 4.53. The van der Waals surface area contributed by atoms with E-state index in [-0.39, 0.29) is 0 Å². The summed E-state index contributed by atoms with van der Waals surface area (Å²) in [5.41, 5.74) is 2.67. The van der Waals surface area contributed by atoms with Crippen molar-refractivity contribution in [2.24, 2.45) is 0 Å². The number of esters is 1. The monoisotopic (exact) mass is 401 g/mol. The van der Waals surface area contributed by atoms with Crippen LogP contribution >= 0.6 is 0 Å². The molecule has 0 saturated heterocycles. The molecule has 4 aromatic rings. The second-order valence-corrected chi connectivity index (χ2v) is 6.55. The number of methoxy groups -OCH3 is 1. The molecule has 30 heavy (non-hydrogen) atoms. The molecule has 1 aromatic heterocycles. The van der Waals surface area contributed by atoms with Crippen LogP contribution in [-0.2, 0) is 14.3 Å². The lowest BCUT2D eigenvalue weighted by atomic mass is 10.1. The van der Waals surface area contributed by atoms with Gasteiger partial charge in [-0.15, -0.1) is 0 Å². The molecule has 0 radical (unpaired) electrons. The van der Waals surface area contributed by atoms with Crippen LogP contribution in [0.3, 0.4) is 0 Å². The van der Waals surface area contributed by atoms with E-state index >= 15 is 0 Å². The van der Waals surface area contributed by atoms with Crippen LogP contribution in [0.5, 0.6) is 5.75 Å². The van der Waals surface area contributed by atoms with Crippen molar-refractivity contribution in [1.29, 1.82) is 0 Å². The van der Waals surface area contributed by atoms with Gasteiger partial charge in [-0.1, -0.05) is 48.5 Å². The lowest BCUT2D eigenvalue weighted by Gasteiger charge is -2.10. The average Bonchev–Trinajstić information content (AvgIpc) is 3.13. The van der Waals surface area contributed by atoms with E-state index in [1.165, 1.54) is 13.2 Å². The maximum absolute atomic E-state index is 12.3. The molecular weight excluding hydrogens is 382 g/mol. The third kappa shape index (κ3) is 4.17. The lowest BCUT2D eigenvalue weighted by Crippen LogP contribution is -2.20. The summed E-state index contributed by atoms with van der Waals surface area (Å²) in [6.07, 6.45) is 2.91. The van der Waals surface area contributed by atoms with E-state index in [1.807, 2.05) is 60.7 Å². The van der Waals surface area contributed by atoms with Crippen LogP contribution in [0.1, 0.15) is 5.56 Å². The number of hydrogen-bond acceptors (Lipinski definition) is 5. The summed E-state index contributed by atoms with van der Waals surface area (Å²) in [4.78, 5) is 24.1. The standard InChI is InChI=1S/C24H19NO5/c1-28-22-13-18-17-9-5-6-10-20(17)30-21(18)14-19(22)25-23(26)15-29-24(27)12-11-16-7-3-2-4-8-16/h2-14H,15H2,1H3,(H,25,26). The summed E-state index contributed by atoms with van der Waals surface area (Å²) in [6, 6.07) is 20.5. The van der Waals surface area contributed by atoms with Gasteiger partial charge in [-0.05, 0) is 23.8 Å². The Labute approximate surface area is 172 Å². The first-order valence-corrected chi connectivity index (χ1v) is 9.33. The van der Waals surface area contributed by atoms with Crippen molar-refractivity contribution in [2.45, 2.75) is 0 Å². The van der Waals surface area contributed by atoms with Crippen LogP contribution in [0.4, 0.5) is 5.69 Å². The van der Waals surface area contributed by atoms with Gasteiger partial charge in [-0.3, -0.25) is 4.79 Å². The fourth-order valence-corrected chi connectivity index (χ4v) is 3.12. The zero-order valence-electron chi connectivity index (χ0n) is 16.3. The molecule has 0 aliphatic carbocycles. The van der Waals surface area contributed by atoms with Crippen molar-refractivity contribution >= 4 is 45.6 Å². The number of rotatable bonds is 6. The third-order valence-corrected chi connectivity index (χ3v) is 4.53. The predicted octanol–water partition coefficient (Wildman–Crippen LogP) is 4.79. The molecule has 6 nitrogen and oxygen atoms in total. The number of hydrogen-bond donors (Lipinski definition) is 1. The summed E-state index contributed by atoms with van der Waals surface area (Å²) in [5, 5.41) is 4.55. The molecule has 0 fully saturated rings. The van der Waals surface area contributed by atoms with Crippen LogP contribution in [0.15, 0.2) is 77.2 Å². The highest BCUT2D eigenvalue weighted by molar-refractivity contribution is 6.08. The molecule has 3 aromatic carbocycles. The van der Waals surface area contributed by atoms with Crippen molar-refractivity contribution in [2.75, 3.05) is 19.0 Å². The topological polar surface area (TPSA) is 77.8 Å². The van der Waals surface area contributed by atoms with Crippen LogP contribution < -0.4 is 10.1 Å². The number of fused-ring (bicyclic) bond motifs is 3. The quantitative estimate of drug-likeness (QED) is 0.371. The number of carbonyl (C=O) groups is 2. The minimum atomic E-state index is -0.603. The molecule has 6 heteroatoms. The van der Waals surface area contributed by atoms with Gasteiger partial charge in [0, 0.05) is 22.9 Å². The first-order valence-electron chi connectivity index (χ1n) is 9.33. The number of furan rings is 1. The number of carbonyl (C=O) groups excluding carboxylic acids is 2. The summed E-state index contributed by atoms with van der Waals surface area (Å²) in [7, 11) is 1.52. The van der Waals surface area contributed by atoms with E-state index in [9.17, 15) is 9.59 Å². The molecule has 1 heterocycles. The fourth-order valence-electron chi connectivity index (χ4n) is 3.12. The normalized spacial score (nSPS) is 11.1. The van der Waals surface area contributed by atoms with Crippen molar-refractivity contribution in [3.63, 3.8) is 0 Å². The summed E-state index contributed by atoms with van der Waals surface area (Å²) in [5.74, 6) is -0.600. The zero-order chi connectivity index (χ0) is 20.9. The Hall–Kier alpha value is -4.06. The van der Waals surface area contributed by atoms with E-state index in [2.05, 4.69) is 5.32 Å². The molecule has 0 spiro atoms. The Balaban J connectivity index is 1.44. The van der Waals surface area contributed by atoms with Gasteiger partial charge in [0.25, 0.3) is 5.91 Å². The SMILES string of the molecule is COc1cc2c(cc1NC(=O)COC(=O)C=Cc1ccccc1)oc1ccccc12. The van der Waals surface area contributed by atoms with E-state index in [0.717, 1.165) is 21.9 Å². The second-order valence-electron chi connectivity index (χ2n) is 6.55. The molecule has 0 atom stereocenters. The van der Waals surface area contributed by atoms with Crippen LogP contribution in [-0.4, -0.2) is 25.6 Å². The Morgan fingerprint density at radius 3 is 2.53 bits per heavy atom. The molecule has 1 N–H and O–H groups in total. The van der Waals surface area contributed by atoms with Crippen LogP contribution in [0.25, 0.3) is 28.0 Å². The number of nitrogens with one attached hydrogen (secondary N) is 1. The molecule has 150 valence electrons. The smallest absolute Gasteiger partial charge is 0.331 e. The van der Waals surface area contributed by atoms with Crippen molar-refractivity contribution in [3.05, 3.63) is 78.4 Å². The minimum Gasteiger partial charge on any atom is -0.495 e. The highest BCUT2D eigenvalue weighted by Gasteiger charge is 2.14. The average molecular weight is 401 g/mol. The molecule has 0 unspecified atom stereocenters. The predicted molar refractivity (Wildman–Crippen MR) is 115 cm³/mol. The van der Waals surface area contributed by atoms with E-state index in [1.54, 1.807) is 12.1 Å². The highest BCUT2D eigenvalue weighted by Crippen LogP contribution is 2.36. The van der Waals surface area contributed by atoms with E-state index in [0.29, 0.717) is 17.0 Å². The summed E-state index contributed by atoms with van der Waals surface area (Å²) < 4.78 is 16.3. The van der Waals surface area contributed by atoms with Crippen LogP contribution in [0, 0.1) is 0 Å². The zero-order valence-corrected chi connectivity index (χ0v) is 16.3. The van der Waals surface area contributed by atoms with Gasteiger partial charge in [0.15, 0.2) is 6.61 Å². The Morgan fingerprint density at radius 2 is 1.73 bits per heavy atom. The largest absolute Gasteiger partial charge is 0.495 e. The van der Waals surface area contributed by atoms with Crippen molar-refractivity contribution < 1.29 is 23.5 Å². The van der Waals surface area contributed by atoms with Gasteiger partial charge < -0.3 is 19.2 Å². The first-order chi connectivity index (χ1) is 14.6. The van der Waals surface area contributed by atoms with Gasteiger partial charge in [0.05, 0.1) is 12.8 Å². The Bertz CT molecular complexity index is 1240. The molecule has 0 saturated carbocycles. The fraction of sp³-hybridized carbons (Fsp3) is 0.0833. The molecule has 4 rings (SSSR count). The minimum absolute atomic E-state index is 0.417. The lowest BCUT2D eigenvalue weighted by molar-refractivity contribution is -0.142. The van der Waals surface area contributed by atoms with Gasteiger partial charge in [-0.25, -0.2) is 4.79 Å². The number of benzene rings is 3. The highest BCUT2D eigenvalue weighted by atomic mass is 16.5. The summed E-state index contributed by atoms with van der Waals surface area (Å²) in [6.45, 7) is -0.417.